The standard InChI is InChI=1S/C34H30N4.2BrH/c35-31-19-21-37(33-7-3-1-5-29(31)33)23-27-15-11-25(12-16-27)9-10-26-13-17-28(18-14-26)24-38-22-20-32(36)30-6-2-4-8-34(30)38;;/h1-8,11-22,35-36H,9-10,23-24H2;2*1H. The van der Waals surface area contributed by atoms with Crippen molar-refractivity contribution >= 4 is 33.2 Å². The largest absolute Gasteiger partial charge is 1.00 e. The van der Waals surface area contributed by atoms with Crippen molar-refractivity contribution in [3.8, 4) is 0 Å². The zero-order valence-corrected chi connectivity index (χ0v) is 25.4. The number of nitrogen functional groups attached to an aromatic ring is 2. The summed E-state index contributed by atoms with van der Waals surface area (Å²) < 4.78 is 4.52. The van der Waals surface area contributed by atoms with E-state index in [1.165, 1.54) is 22.3 Å². The van der Waals surface area contributed by atoms with Crippen LogP contribution >= 0.6 is 0 Å². The van der Waals surface area contributed by atoms with Gasteiger partial charge in [0.25, 0.3) is 0 Å². The van der Waals surface area contributed by atoms with Crippen LogP contribution in [0.4, 0.5) is 11.4 Å². The fraction of sp³-hybridized carbons (Fsp3) is 0.118. The van der Waals surface area contributed by atoms with Crippen LogP contribution in [-0.4, -0.2) is 0 Å². The normalized spacial score (nSPS) is 10.7. The lowest BCUT2D eigenvalue weighted by Crippen LogP contribution is -3.00. The number of anilines is 2. The molecule has 0 aliphatic carbocycles. The number of halogens is 2. The van der Waals surface area contributed by atoms with Crippen molar-refractivity contribution in [3.05, 3.63) is 144 Å². The lowest BCUT2D eigenvalue weighted by atomic mass is 10.0. The lowest BCUT2D eigenvalue weighted by Gasteiger charge is -2.07. The Labute approximate surface area is 256 Å². The predicted octanol–water partition coefficient (Wildman–Crippen LogP) is -0.378. The molecule has 0 fully saturated rings. The molecule has 0 bridgehead atoms. The smallest absolute Gasteiger partial charge is 0.214 e. The first kappa shape index (κ1) is 29.2. The highest BCUT2D eigenvalue weighted by atomic mass is 79.9. The molecule has 2 aromatic heterocycles. The number of aryl methyl sites for hydroxylation is 2. The molecule has 6 rings (SSSR count). The van der Waals surface area contributed by atoms with Gasteiger partial charge in [-0.1, -0.05) is 72.8 Å². The third-order valence-electron chi connectivity index (χ3n) is 7.37. The van der Waals surface area contributed by atoms with Gasteiger partial charge in [-0.05, 0) is 36.1 Å². The maximum atomic E-state index is 6.17. The topological polar surface area (TPSA) is 59.8 Å². The Bertz CT molecular complexity index is 1600. The number of pyridine rings is 2. The Morgan fingerprint density at radius 1 is 0.425 bits per heavy atom. The molecule has 0 saturated heterocycles. The van der Waals surface area contributed by atoms with Gasteiger partial charge in [-0.25, -0.2) is 0 Å². The highest BCUT2D eigenvalue weighted by Gasteiger charge is 2.13. The molecule has 4 N–H and O–H groups in total. The first-order chi connectivity index (χ1) is 18.6. The summed E-state index contributed by atoms with van der Waals surface area (Å²) in [6.45, 7) is 1.65. The summed E-state index contributed by atoms with van der Waals surface area (Å²) in [5, 5.41) is 2.19. The van der Waals surface area contributed by atoms with Crippen LogP contribution < -0.4 is 54.6 Å². The van der Waals surface area contributed by atoms with E-state index in [1.54, 1.807) is 0 Å². The van der Waals surface area contributed by atoms with Crippen molar-refractivity contribution in [3.63, 3.8) is 0 Å². The molecule has 202 valence electrons. The van der Waals surface area contributed by atoms with Gasteiger partial charge in [-0.2, -0.15) is 9.13 Å². The molecule has 0 amide bonds. The highest BCUT2D eigenvalue weighted by molar-refractivity contribution is 5.88. The van der Waals surface area contributed by atoms with Crippen molar-refractivity contribution < 1.29 is 43.1 Å². The number of hydrogen-bond acceptors (Lipinski definition) is 2. The van der Waals surface area contributed by atoms with E-state index in [0.29, 0.717) is 0 Å². The summed E-state index contributed by atoms with van der Waals surface area (Å²) in [6.07, 6.45) is 6.19. The Morgan fingerprint density at radius 2 is 0.775 bits per heavy atom. The summed E-state index contributed by atoms with van der Waals surface area (Å²) in [6, 6.07) is 38.6. The minimum absolute atomic E-state index is 0. The first-order valence-corrected chi connectivity index (χ1v) is 13.1. The van der Waals surface area contributed by atoms with Crippen molar-refractivity contribution in [1.29, 1.82) is 0 Å². The average Bonchev–Trinajstić information content (AvgIpc) is 2.97. The molecule has 0 radical (unpaired) electrons. The summed E-state index contributed by atoms with van der Waals surface area (Å²) in [5.41, 5.74) is 21.6. The molecule has 0 saturated carbocycles. The number of aromatic nitrogens is 2. The molecule has 0 aliphatic heterocycles. The molecule has 6 heteroatoms. The summed E-state index contributed by atoms with van der Waals surface area (Å²) in [4.78, 5) is 0. The maximum Gasteiger partial charge on any atom is 0.214 e. The van der Waals surface area contributed by atoms with E-state index < -0.39 is 0 Å². The fourth-order valence-electron chi connectivity index (χ4n) is 5.20. The zero-order chi connectivity index (χ0) is 25.9. The number of hydrogen-bond donors (Lipinski definition) is 2. The SMILES string of the molecule is Nc1cc[n+](Cc2ccc(CCc3ccc(C[n+]4ccc(N)c5ccccc54)cc3)cc2)c2ccccc12.[Br-].[Br-]. The first-order valence-electron chi connectivity index (χ1n) is 13.1. The number of fused-ring (bicyclic) bond motifs is 2. The Morgan fingerprint density at radius 3 is 1.18 bits per heavy atom. The van der Waals surface area contributed by atoms with E-state index in [4.69, 9.17) is 11.5 Å². The molecular formula is C34H32Br2N4. The van der Waals surface area contributed by atoms with Gasteiger partial charge in [0.1, 0.15) is 0 Å². The Balaban J connectivity index is 0.00000185. The maximum absolute atomic E-state index is 6.17. The molecule has 0 spiro atoms. The third-order valence-corrected chi connectivity index (χ3v) is 7.37. The van der Waals surface area contributed by atoms with Crippen LogP contribution in [-0.2, 0) is 25.9 Å². The molecule has 6 aromatic rings. The monoisotopic (exact) mass is 654 g/mol. The van der Waals surface area contributed by atoms with Crippen LogP contribution in [0.25, 0.3) is 21.8 Å². The predicted molar refractivity (Wildman–Crippen MR) is 156 cm³/mol. The fourth-order valence-corrected chi connectivity index (χ4v) is 5.20. The van der Waals surface area contributed by atoms with E-state index in [9.17, 15) is 0 Å². The van der Waals surface area contributed by atoms with Crippen LogP contribution in [0.1, 0.15) is 22.3 Å². The molecule has 40 heavy (non-hydrogen) atoms. The lowest BCUT2D eigenvalue weighted by molar-refractivity contribution is -0.662. The van der Waals surface area contributed by atoms with Crippen molar-refractivity contribution in [1.82, 2.24) is 0 Å². The second-order valence-electron chi connectivity index (χ2n) is 9.97. The molecule has 0 aliphatic rings. The molecule has 4 aromatic carbocycles. The number of para-hydroxylation sites is 2. The summed E-state index contributed by atoms with van der Waals surface area (Å²) in [7, 11) is 0. The van der Waals surface area contributed by atoms with E-state index >= 15 is 0 Å². The molecule has 0 atom stereocenters. The van der Waals surface area contributed by atoms with Gasteiger partial charge in [0.05, 0.1) is 22.1 Å². The Kier molecular flexibility index (Phi) is 9.56. The molecule has 2 heterocycles. The molecule has 4 nitrogen and oxygen atoms in total. The zero-order valence-electron chi connectivity index (χ0n) is 22.2. The van der Waals surface area contributed by atoms with Crippen LogP contribution in [0, 0.1) is 0 Å². The number of benzene rings is 4. The number of nitrogens with two attached hydrogens (primary N) is 2. The van der Waals surface area contributed by atoms with Crippen molar-refractivity contribution in [2.24, 2.45) is 0 Å². The van der Waals surface area contributed by atoms with E-state index in [0.717, 1.165) is 59.1 Å². The van der Waals surface area contributed by atoms with E-state index in [1.807, 2.05) is 24.3 Å². The number of rotatable bonds is 7. The van der Waals surface area contributed by atoms with Gasteiger partial charge in [0.2, 0.25) is 11.0 Å². The van der Waals surface area contributed by atoms with Gasteiger partial charge in [0, 0.05) is 35.4 Å². The molecule has 0 unspecified atom stereocenters. The van der Waals surface area contributed by atoms with Gasteiger partial charge < -0.3 is 45.4 Å². The van der Waals surface area contributed by atoms with Crippen molar-refractivity contribution in [2.45, 2.75) is 25.9 Å². The Hall–Kier alpha value is -3.74. The van der Waals surface area contributed by atoms with Crippen LogP contribution in [0.2, 0.25) is 0 Å². The van der Waals surface area contributed by atoms with Gasteiger partial charge in [0.15, 0.2) is 25.5 Å². The van der Waals surface area contributed by atoms with Gasteiger partial charge >= 0.3 is 0 Å². The van der Waals surface area contributed by atoms with E-state index in [2.05, 4.69) is 106 Å². The van der Waals surface area contributed by atoms with E-state index in [-0.39, 0.29) is 34.0 Å². The summed E-state index contributed by atoms with van der Waals surface area (Å²) >= 11 is 0. The van der Waals surface area contributed by atoms with Crippen LogP contribution in [0.3, 0.4) is 0 Å². The minimum atomic E-state index is 0. The highest BCUT2D eigenvalue weighted by Crippen LogP contribution is 2.19. The van der Waals surface area contributed by atoms with Gasteiger partial charge in [-0.15, -0.1) is 0 Å². The average molecular weight is 656 g/mol. The number of nitrogens with zero attached hydrogens (tertiary/aromatic N) is 2. The second kappa shape index (κ2) is 13.1. The molecular weight excluding hydrogens is 624 g/mol. The third kappa shape index (κ3) is 6.35. The van der Waals surface area contributed by atoms with Crippen LogP contribution in [0.15, 0.2) is 122 Å². The summed E-state index contributed by atoms with van der Waals surface area (Å²) in [5.74, 6) is 0. The van der Waals surface area contributed by atoms with Crippen LogP contribution in [0.5, 0.6) is 0 Å². The van der Waals surface area contributed by atoms with Crippen molar-refractivity contribution in [2.75, 3.05) is 11.5 Å². The quantitative estimate of drug-likeness (QED) is 0.231. The minimum Gasteiger partial charge on any atom is -1.00 e. The second-order valence-corrected chi connectivity index (χ2v) is 9.97. The van der Waals surface area contributed by atoms with Gasteiger partial charge in [-0.3, -0.25) is 0 Å².